The lowest BCUT2D eigenvalue weighted by molar-refractivity contribution is 0.402. The number of nitrogens with one attached hydrogen (secondary N) is 1. The molecule has 2 aliphatic rings. The van der Waals surface area contributed by atoms with Crippen molar-refractivity contribution >= 4 is 12.2 Å². The summed E-state index contributed by atoms with van der Waals surface area (Å²) in [6.07, 6.45) is 4.38. The van der Waals surface area contributed by atoms with Crippen molar-refractivity contribution in [1.82, 2.24) is 19.7 Å². The molecular formula is C18H20N4O3. The highest BCUT2D eigenvalue weighted by Crippen LogP contribution is 2.24. The minimum Gasteiger partial charge on any atom is -0.497 e. The molecule has 2 aliphatic heterocycles. The quantitative estimate of drug-likeness (QED) is 0.752. The van der Waals surface area contributed by atoms with E-state index in [0.29, 0.717) is 22.8 Å². The molecular weight excluding hydrogens is 320 g/mol. The van der Waals surface area contributed by atoms with Gasteiger partial charge in [-0.1, -0.05) is 13.0 Å². The molecule has 0 spiro atoms. The molecule has 25 heavy (non-hydrogen) atoms. The third kappa shape index (κ3) is 3.00. The van der Waals surface area contributed by atoms with Gasteiger partial charge in [-0.15, -0.1) is 0 Å². The van der Waals surface area contributed by atoms with Crippen LogP contribution in [0.15, 0.2) is 23.0 Å². The topological polar surface area (TPSA) is 82.0 Å². The number of methoxy groups -OCH3 is 2. The van der Waals surface area contributed by atoms with Crippen LogP contribution >= 0.6 is 0 Å². The summed E-state index contributed by atoms with van der Waals surface area (Å²) in [5.41, 5.74) is 1.23. The Morgan fingerprint density at radius 3 is 2.68 bits per heavy atom. The predicted octanol–water partition coefficient (Wildman–Crippen LogP) is 0.602. The van der Waals surface area contributed by atoms with Crippen molar-refractivity contribution in [1.29, 1.82) is 0 Å². The van der Waals surface area contributed by atoms with Gasteiger partial charge in [0.05, 0.1) is 25.3 Å². The monoisotopic (exact) mass is 340 g/mol. The number of aryl methyl sites for hydroxylation is 1. The first kappa shape index (κ1) is 16.8. The van der Waals surface area contributed by atoms with Gasteiger partial charge in [-0.25, -0.2) is 9.67 Å². The number of benzene rings is 1. The van der Waals surface area contributed by atoms with Crippen LogP contribution in [-0.2, 0) is 6.42 Å². The molecule has 0 fully saturated rings. The van der Waals surface area contributed by atoms with Crippen LogP contribution in [0.3, 0.4) is 0 Å². The summed E-state index contributed by atoms with van der Waals surface area (Å²) in [6.45, 7) is 3.93. The van der Waals surface area contributed by atoms with Gasteiger partial charge in [0.1, 0.15) is 16.8 Å². The van der Waals surface area contributed by atoms with Gasteiger partial charge >= 0.3 is 0 Å². The van der Waals surface area contributed by atoms with Crippen molar-refractivity contribution in [2.45, 2.75) is 20.3 Å². The van der Waals surface area contributed by atoms with Crippen LogP contribution in [0.25, 0.3) is 18.1 Å². The van der Waals surface area contributed by atoms with E-state index in [1.165, 1.54) is 0 Å². The normalized spacial score (nSPS) is 12.8. The number of fused-ring (bicyclic) bond motifs is 1. The number of imidazole rings is 1. The number of nitrogens with zero attached hydrogens (tertiary/aromatic N) is 3. The van der Waals surface area contributed by atoms with Gasteiger partial charge < -0.3 is 9.47 Å². The fourth-order valence-corrected chi connectivity index (χ4v) is 2.68. The summed E-state index contributed by atoms with van der Waals surface area (Å²) >= 11 is 0. The Bertz CT molecular complexity index is 1050. The fourth-order valence-electron chi connectivity index (χ4n) is 2.68. The van der Waals surface area contributed by atoms with Crippen LogP contribution in [0.1, 0.15) is 25.1 Å². The standard InChI is InChI=1S/C18H20N4O3/c1-5-13-14(6-2)21-22-15(17(23)20-18(22)19-13)10-11-9-12(24-3)7-8-16(11)25-4/h6-10,21H,5H2,1-4H3/b14-6-,15-10+. The summed E-state index contributed by atoms with van der Waals surface area (Å²) in [4.78, 5) is 20.9. The number of H-pyrrole nitrogens is 1. The second-order valence-electron chi connectivity index (χ2n) is 5.42. The van der Waals surface area contributed by atoms with Crippen LogP contribution < -0.4 is 25.7 Å². The van der Waals surface area contributed by atoms with Crippen LogP contribution in [0.2, 0.25) is 0 Å². The third-order valence-electron chi connectivity index (χ3n) is 3.99. The highest BCUT2D eigenvalue weighted by atomic mass is 16.5. The SMILES string of the molecule is C/C=c1\[nH]n2/c(=C/c3cc(OC)ccc3OC)c(=O)nc-2nc1CC. The summed E-state index contributed by atoms with van der Waals surface area (Å²) in [6, 6.07) is 5.40. The van der Waals surface area contributed by atoms with Crippen molar-refractivity contribution < 1.29 is 9.47 Å². The average Bonchev–Trinajstić information content (AvgIpc) is 2.94. The summed E-state index contributed by atoms with van der Waals surface area (Å²) in [7, 11) is 3.17. The lowest BCUT2D eigenvalue weighted by Gasteiger charge is -2.08. The van der Waals surface area contributed by atoms with E-state index in [1.54, 1.807) is 43.2 Å². The molecule has 7 heteroatoms. The summed E-state index contributed by atoms with van der Waals surface area (Å²) in [5, 5.41) is 4.44. The highest BCUT2D eigenvalue weighted by Gasteiger charge is 2.13. The molecule has 1 aromatic rings. The smallest absolute Gasteiger partial charge is 0.299 e. The fraction of sp³-hybridized carbons (Fsp3) is 0.278. The number of aromatic nitrogens is 4. The van der Waals surface area contributed by atoms with Crippen LogP contribution in [0.4, 0.5) is 0 Å². The molecule has 3 rings (SSSR count). The molecule has 0 bridgehead atoms. The van der Waals surface area contributed by atoms with E-state index in [9.17, 15) is 4.79 Å². The van der Waals surface area contributed by atoms with Gasteiger partial charge in [-0.2, -0.15) is 4.98 Å². The largest absolute Gasteiger partial charge is 0.497 e. The molecule has 0 unspecified atom stereocenters. The van der Waals surface area contributed by atoms with Crippen molar-refractivity contribution in [3.8, 4) is 17.4 Å². The summed E-state index contributed by atoms with van der Waals surface area (Å²) in [5.74, 6) is 1.66. The average molecular weight is 340 g/mol. The zero-order valence-electron chi connectivity index (χ0n) is 14.7. The Morgan fingerprint density at radius 2 is 2.04 bits per heavy atom. The zero-order valence-corrected chi connectivity index (χ0v) is 14.7. The minimum atomic E-state index is -0.357. The van der Waals surface area contributed by atoms with Crippen molar-refractivity contribution in [2.24, 2.45) is 0 Å². The number of rotatable bonds is 4. The molecule has 0 aromatic heterocycles. The van der Waals surface area contributed by atoms with Gasteiger partial charge in [0.25, 0.3) is 11.5 Å². The Kier molecular flexibility index (Phi) is 4.56. The highest BCUT2D eigenvalue weighted by molar-refractivity contribution is 5.59. The van der Waals surface area contributed by atoms with Gasteiger partial charge in [-0.05, 0) is 37.6 Å². The molecule has 130 valence electrons. The first-order valence-corrected chi connectivity index (χ1v) is 7.99. The van der Waals surface area contributed by atoms with Crippen LogP contribution in [-0.4, -0.2) is 34.0 Å². The third-order valence-corrected chi connectivity index (χ3v) is 3.99. The Labute approximate surface area is 144 Å². The van der Waals surface area contributed by atoms with E-state index in [1.807, 2.05) is 19.9 Å². The number of hydrogen-bond donors (Lipinski definition) is 1. The van der Waals surface area contributed by atoms with Crippen molar-refractivity contribution in [3.05, 3.63) is 50.5 Å². The predicted molar refractivity (Wildman–Crippen MR) is 95.0 cm³/mol. The Hall–Kier alpha value is -3.09. The molecule has 0 saturated heterocycles. The molecule has 7 nitrogen and oxygen atoms in total. The molecule has 0 radical (unpaired) electrons. The van der Waals surface area contributed by atoms with Crippen LogP contribution in [0.5, 0.6) is 11.5 Å². The second kappa shape index (κ2) is 6.80. The van der Waals surface area contributed by atoms with E-state index in [-0.39, 0.29) is 5.56 Å². The van der Waals surface area contributed by atoms with E-state index < -0.39 is 0 Å². The first-order chi connectivity index (χ1) is 12.1. The lowest BCUT2D eigenvalue weighted by atomic mass is 10.1. The second-order valence-corrected chi connectivity index (χ2v) is 5.42. The molecule has 0 saturated carbocycles. The number of ether oxygens (including phenoxy) is 2. The van der Waals surface area contributed by atoms with E-state index >= 15 is 0 Å². The molecule has 2 heterocycles. The van der Waals surface area contributed by atoms with E-state index in [4.69, 9.17) is 9.47 Å². The molecule has 1 N–H and O–H groups in total. The molecule has 0 atom stereocenters. The van der Waals surface area contributed by atoms with Crippen molar-refractivity contribution in [2.75, 3.05) is 14.2 Å². The first-order valence-electron chi connectivity index (χ1n) is 7.99. The number of aromatic amines is 1. The molecule has 0 aliphatic carbocycles. The molecule has 1 aromatic carbocycles. The zero-order chi connectivity index (χ0) is 18.0. The Morgan fingerprint density at radius 1 is 1.24 bits per heavy atom. The van der Waals surface area contributed by atoms with Gasteiger partial charge in [0, 0.05) is 5.56 Å². The van der Waals surface area contributed by atoms with Gasteiger partial charge in [0.2, 0.25) is 0 Å². The lowest BCUT2D eigenvalue weighted by Crippen LogP contribution is -2.33. The maximum Gasteiger partial charge on any atom is 0.299 e. The summed E-state index contributed by atoms with van der Waals surface area (Å²) < 4.78 is 12.2. The van der Waals surface area contributed by atoms with E-state index in [2.05, 4.69) is 15.1 Å². The Balaban J connectivity index is 2.32. The van der Waals surface area contributed by atoms with Gasteiger partial charge in [-0.3, -0.25) is 9.89 Å². The maximum atomic E-state index is 12.4. The van der Waals surface area contributed by atoms with Gasteiger partial charge in [0.15, 0.2) is 0 Å². The van der Waals surface area contributed by atoms with Crippen molar-refractivity contribution in [3.63, 3.8) is 0 Å². The van der Waals surface area contributed by atoms with Crippen LogP contribution in [0, 0.1) is 0 Å². The van der Waals surface area contributed by atoms with E-state index in [0.717, 1.165) is 23.0 Å². The minimum absolute atomic E-state index is 0.348. The maximum absolute atomic E-state index is 12.4. The number of hydrogen-bond acceptors (Lipinski definition) is 5. The molecule has 0 amide bonds.